The molecule has 2 fully saturated rings. The van der Waals surface area contributed by atoms with Crippen LogP contribution in [0.15, 0.2) is 60.7 Å². The summed E-state index contributed by atoms with van der Waals surface area (Å²) in [6, 6.07) is 19.4. The minimum Gasteiger partial charge on any atom is -0.481 e. The van der Waals surface area contributed by atoms with Gasteiger partial charge in [-0.05, 0) is 36.8 Å². The second-order valence-corrected chi connectivity index (χ2v) is 9.60. The fourth-order valence-corrected chi connectivity index (χ4v) is 4.89. The number of carbonyl (C=O) groups is 2. The number of nitrogens with one attached hydrogen (secondary N) is 2. The van der Waals surface area contributed by atoms with E-state index in [0.29, 0.717) is 0 Å². The van der Waals surface area contributed by atoms with Gasteiger partial charge >= 0.3 is 12.1 Å². The molecule has 2 aromatic rings. The Labute approximate surface area is 209 Å². The SMILES string of the molecule is C1CCC(NC2CCCCC2)CC1.O=C(O)CC(NC(=O)OCc1ccccc1)c1ccccc1. The lowest BCUT2D eigenvalue weighted by Gasteiger charge is -2.30. The second-order valence-electron chi connectivity index (χ2n) is 9.60. The number of benzene rings is 2. The van der Waals surface area contributed by atoms with Gasteiger partial charge in [-0.1, -0.05) is 99.2 Å². The molecule has 1 unspecified atom stereocenters. The molecule has 1 atom stereocenters. The predicted octanol–water partition coefficient (Wildman–Crippen LogP) is 6.37. The van der Waals surface area contributed by atoms with Gasteiger partial charge in [0.1, 0.15) is 6.61 Å². The van der Waals surface area contributed by atoms with Crippen molar-refractivity contribution in [2.24, 2.45) is 0 Å². The molecule has 2 aliphatic rings. The highest BCUT2D eigenvalue weighted by atomic mass is 16.5. The lowest BCUT2D eigenvalue weighted by atomic mass is 9.91. The molecule has 190 valence electrons. The zero-order valence-corrected chi connectivity index (χ0v) is 20.7. The Bertz CT molecular complexity index is 847. The molecule has 0 spiro atoms. The molecule has 0 saturated heterocycles. The van der Waals surface area contributed by atoms with Crippen LogP contribution in [0.5, 0.6) is 0 Å². The molecule has 2 saturated carbocycles. The summed E-state index contributed by atoms with van der Waals surface area (Å²) in [6.07, 6.45) is 13.7. The third-order valence-electron chi connectivity index (χ3n) is 6.77. The summed E-state index contributed by atoms with van der Waals surface area (Å²) in [5.74, 6) is -0.989. The molecule has 0 radical (unpaired) electrons. The van der Waals surface area contributed by atoms with Crippen molar-refractivity contribution in [1.82, 2.24) is 10.6 Å². The number of rotatable bonds is 8. The molecule has 0 heterocycles. The highest BCUT2D eigenvalue weighted by Gasteiger charge is 2.20. The molecule has 6 nitrogen and oxygen atoms in total. The van der Waals surface area contributed by atoms with Crippen LogP contribution >= 0.6 is 0 Å². The largest absolute Gasteiger partial charge is 0.481 e. The van der Waals surface area contributed by atoms with Gasteiger partial charge in [-0.3, -0.25) is 4.79 Å². The number of amides is 1. The quantitative estimate of drug-likeness (QED) is 0.409. The number of alkyl carbamates (subject to hydrolysis) is 1. The molecular formula is C29H40N2O4. The van der Waals surface area contributed by atoms with E-state index in [1.54, 1.807) is 24.3 Å². The molecule has 3 N–H and O–H groups in total. The number of ether oxygens (including phenoxy) is 1. The minimum atomic E-state index is -0.989. The topological polar surface area (TPSA) is 87.7 Å². The number of carboxylic acids is 1. The smallest absolute Gasteiger partial charge is 0.407 e. The first-order chi connectivity index (χ1) is 17.1. The van der Waals surface area contributed by atoms with Gasteiger partial charge in [0.25, 0.3) is 0 Å². The fourth-order valence-electron chi connectivity index (χ4n) is 4.89. The normalized spacial score (nSPS) is 17.5. The summed E-state index contributed by atoms with van der Waals surface area (Å²) in [4.78, 5) is 22.8. The van der Waals surface area contributed by atoms with Gasteiger partial charge in [0, 0.05) is 12.1 Å². The highest BCUT2D eigenvalue weighted by molar-refractivity contribution is 5.72. The van der Waals surface area contributed by atoms with E-state index in [1.165, 1.54) is 64.2 Å². The molecule has 35 heavy (non-hydrogen) atoms. The predicted molar refractivity (Wildman–Crippen MR) is 138 cm³/mol. The van der Waals surface area contributed by atoms with Crippen LogP contribution in [0.1, 0.15) is 87.8 Å². The Balaban J connectivity index is 0.000000223. The Hall–Kier alpha value is -2.86. The monoisotopic (exact) mass is 480 g/mol. The van der Waals surface area contributed by atoms with Crippen LogP contribution in [0.4, 0.5) is 4.79 Å². The van der Waals surface area contributed by atoms with Crippen molar-refractivity contribution in [2.75, 3.05) is 0 Å². The van der Waals surface area contributed by atoms with Crippen LogP contribution < -0.4 is 10.6 Å². The average molecular weight is 481 g/mol. The maximum Gasteiger partial charge on any atom is 0.407 e. The maximum atomic E-state index is 11.9. The van der Waals surface area contributed by atoms with Crippen molar-refractivity contribution in [3.63, 3.8) is 0 Å². The van der Waals surface area contributed by atoms with Gasteiger partial charge in [-0.25, -0.2) is 4.79 Å². The third kappa shape index (κ3) is 10.5. The van der Waals surface area contributed by atoms with E-state index in [1.807, 2.05) is 36.4 Å². The third-order valence-corrected chi connectivity index (χ3v) is 6.77. The van der Waals surface area contributed by atoms with E-state index in [4.69, 9.17) is 9.84 Å². The molecular weight excluding hydrogens is 440 g/mol. The summed E-state index contributed by atoms with van der Waals surface area (Å²) in [7, 11) is 0. The molecule has 6 heteroatoms. The van der Waals surface area contributed by atoms with E-state index < -0.39 is 18.1 Å². The summed E-state index contributed by atoms with van der Waals surface area (Å²) in [6.45, 7) is 0.140. The molecule has 4 rings (SSSR count). The maximum absolute atomic E-state index is 11.9. The van der Waals surface area contributed by atoms with Crippen LogP contribution in [0.2, 0.25) is 0 Å². The summed E-state index contributed by atoms with van der Waals surface area (Å²) in [5, 5.41) is 15.4. The number of carboxylic acid groups (broad SMARTS) is 1. The van der Waals surface area contributed by atoms with Crippen LogP contribution in [-0.2, 0) is 16.1 Å². The number of carbonyl (C=O) groups excluding carboxylic acids is 1. The van der Waals surface area contributed by atoms with E-state index in [0.717, 1.165) is 23.2 Å². The lowest BCUT2D eigenvalue weighted by molar-refractivity contribution is -0.137. The van der Waals surface area contributed by atoms with Crippen molar-refractivity contribution in [3.8, 4) is 0 Å². The van der Waals surface area contributed by atoms with Crippen LogP contribution in [-0.4, -0.2) is 29.3 Å². The molecule has 2 aromatic carbocycles. The Kier molecular flexibility index (Phi) is 11.6. The Morgan fingerprint density at radius 2 is 1.31 bits per heavy atom. The van der Waals surface area contributed by atoms with Crippen molar-refractivity contribution in [3.05, 3.63) is 71.8 Å². The van der Waals surface area contributed by atoms with Gasteiger partial charge in [0.15, 0.2) is 0 Å². The van der Waals surface area contributed by atoms with Gasteiger partial charge in [0.2, 0.25) is 0 Å². The van der Waals surface area contributed by atoms with E-state index >= 15 is 0 Å². The Morgan fingerprint density at radius 1 is 0.800 bits per heavy atom. The molecule has 2 aliphatic carbocycles. The molecule has 0 aliphatic heterocycles. The first kappa shape index (κ1) is 26.7. The first-order valence-corrected chi connectivity index (χ1v) is 13.1. The van der Waals surface area contributed by atoms with Crippen molar-refractivity contribution in [1.29, 1.82) is 0 Å². The fraction of sp³-hybridized carbons (Fsp3) is 0.517. The zero-order chi connectivity index (χ0) is 24.7. The molecule has 1 amide bonds. The number of hydrogen-bond acceptors (Lipinski definition) is 4. The Morgan fingerprint density at radius 3 is 1.83 bits per heavy atom. The average Bonchev–Trinajstić information content (AvgIpc) is 2.90. The van der Waals surface area contributed by atoms with E-state index in [2.05, 4.69) is 10.6 Å². The highest BCUT2D eigenvalue weighted by Crippen LogP contribution is 2.22. The zero-order valence-electron chi connectivity index (χ0n) is 20.7. The van der Waals surface area contributed by atoms with Gasteiger partial charge in [-0.2, -0.15) is 0 Å². The van der Waals surface area contributed by atoms with Crippen molar-refractivity contribution < 1.29 is 19.4 Å². The summed E-state index contributed by atoms with van der Waals surface area (Å²) >= 11 is 0. The first-order valence-electron chi connectivity index (χ1n) is 13.1. The number of aliphatic carboxylic acids is 1. The van der Waals surface area contributed by atoms with Gasteiger partial charge in [0.05, 0.1) is 12.5 Å². The summed E-state index contributed by atoms with van der Waals surface area (Å²) < 4.78 is 5.12. The minimum absolute atomic E-state index is 0.140. The lowest BCUT2D eigenvalue weighted by Crippen LogP contribution is -2.40. The number of hydrogen-bond donors (Lipinski definition) is 3. The van der Waals surface area contributed by atoms with Gasteiger partial charge in [-0.15, -0.1) is 0 Å². The van der Waals surface area contributed by atoms with Crippen molar-refractivity contribution >= 4 is 12.1 Å². The van der Waals surface area contributed by atoms with Crippen LogP contribution in [0, 0.1) is 0 Å². The second kappa shape index (κ2) is 15.2. The van der Waals surface area contributed by atoms with Crippen LogP contribution in [0.25, 0.3) is 0 Å². The summed E-state index contributed by atoms with van der Waals surface area (Å²) in [5.41, 5.74) is 1.59. The van der Waals surface area contributed by atoms with E-state index in [-0.39, 0.29) is 13.0 Å². The van der Waals surface area contributed by atoms with Crippen molar-refractivity contribution in [2.45, 2.75) is 95.4 Å². The molecule has 0 bridgehead atoms. The standard InChI is InChI=1S/C17H17NO4.C12H23N/c19-16(20)11-15(14-9-5-2-6-10-14)18-17(21)22-12-13-7-3-1-4-8-13;1-3-7-11(8-4-1)13-12-9-5-2-6-10-12/h1-10,15H,11-12H2,(H,18,21)(H,19,20);11-13H,1-10H2. The van der Waals surface area contributed by atoms with Gasteiger partial charge < -0.3 is 20.5 Å². The molecule has 0 aromatic heterocycles. The van der Waals surface area contributed by atoms with E-state index in [9.17, 15) is 9.59 Å². The van der Waals surface area contributed by atoms with Crippen LogP contribution in [0.3, 0.4) is 0 Å².